The van der Waals surface area contributed by atoms with Crippen LogP contribution in [-0.2, 0) is 0 Å². The van der Waals surface area contributed by atoms with Crippen molar-refractivity contribution in [2.75, 3.05) is 0 Å². The van der Waals surface area contributed by atoms with Gasteiger partial charge in [-0.1, -0.05) is 45.4 Å². The zero-order valence-corrected chi connectivity index (χ0v) is 16.5. The number of unbranched alkanes of at least 4 members (excludes halogenated alkanes) is 4. The lowest BCUT2D eigenvalue weighted by Crippen LogP contribution is -2.14. The van der Waals surface area contributed by atoms with Crippen molar-refractivity contribution >= 4 is 0 Å². The molecule has 1 aromatic carbocycles. The van der Waals surface area contributed by atoms with Crippen LogP contribution in [0.4, 0.5) is 0 Å². The molecule has 0 spiro atoms. The van der Waals surface area contributed by atoms with E-state index in [1.54, 1.807) is 0 Å². The van der Waals surface area contributed by atoms with Gasteiger partial charge < -0.3 is 0 Å². The summed E-state index contributed by atoms with van der Waals surface area (Å²) in [6.07, 6.45) is 17.7. The molecule has 3 heteroatoms. The third-order valence-electron chi connectivity index (χ3n) is 5.98. The van der Waals surface area contributed by atoms with Gasteiger partial charge in [-0.25, -0.2) is 9.97 Å². The van der Waals surface area contributed by atoms with Crippen LogP contribution in [0.15, 0.2) is 36.7 Å². The minimum Gasteiger partial charge on any atom is -0.236 e. The fourth-order valence-corrected chi connectivity index (χ4v) is 4.21. The maximum atomic E-state index is 8.90. The van der Waals surface area contributed by atoms with Crippen molar-refractivity contribution in [1.29, 1.82) is 5.26 Å². The molecule has 0 N–H and O–H groups in total. The molecule has 3 rings (SSSR count). The Hall–Kier alpha value is -2.21. The number of rotatable bonds is 8. The average molecular weight is 362 g/mol. The molecule has 2 aromatic rings. The van der Waals surface area contributed by atoms with E-state index in [-0.39, 0.29) is 0 Å². The van der Waals surface area contributed by atoms with Gasteiger partial charge >= 0.3 is 0 Å². The second kappa shape index (κ2) is 10.2. The van der Waals surface area contributed by atoms with Crippen molar-refractivity contribution in [3.63, 3.8) is 0 Å². The van der Waals surface area contributed by atoms with Crippen molar-refractivity contribution in [1.82, 2.24) is 9.97 Å². The highest BCUT2D eigenvalue weighted by atomic mass is 14.9. The minimum atomic E-state index is 0.622. The molecule has 1 fully saturated rings. The van der Waals surface area contributed by atoms with Gasteiger partial charge in [0.2, 0.25) is 0 Å². The number of hydrogen-bond acceptors (Lipinski definition) is 3. The molecular weight excluding hydrogens is 330 g/mol. The summed E-state index contributed by atoms with van der Waals surface area (Å²) in [5.74, 6) is 2.29. The van der Waals surface area contributed by atoms with Gasteiger partial charge in [-0.2, -0.15) is 5.26 Å². The molecule has 142 valence electrons. The first-order valence-electron chi connectivity index (χ1n) is 10.6. The first-order chi connectivity index (χ1) is 13.3. The molecule has 0 atom stereocenters. The Kier molecular flexibility index (Phi) is 7.39. The fraction of sp³-hybridized carbons (Fsp3) is 0.542. The van der Waals surface area contributed by atoms with Crippen LogP contribution in [0, 0.1) is 17.2 Å². The molecule has 0 aliphatic heterocycles. The monoisotopic (exact) mass is 361 g/mol. The van der Waals surface area contributed by atoms with E-state index in [1.165, 1.54) is 69.8 Å². The molecule has 1 heterocycles. The number of hydrogen-bond donors (Lipinski definition) is 0. The topological polar surface area (TPSA) is 49.6 Å². The van der Waals surface area contributed by atoms with E-state index in [1.807, 2.05) is 36.7 Å². The number of benzene rings is 1. The number of nitriles is 1. The molecule has 1 aliphatic carbocycles. The second-order valence-corrected chi connectivity index (χ2v) is 7.95. The van der Waals surface area contributed by atoms with Crippen LogP contribution in [0.1, 0.15) is 88.2 Å². The second-order valence-electron chi connectivity index (χ2n) is 7.95. The normalized spacial score (nSPS) is 19.6. The summed E-state index contributed by atoms with van der Waals surface area (Å²) in [6, 6.07) is 9.61. The Morgan fingerprint density at radius 3 is 2.22 bits per heavy atom. The van der Waals surface area contributed by atoms with Crippen LogP contribution < -0.4 is 0 Å². The van der Waals surface area contributed by atoms with Gasteiger partial charge in [0.15, 0.2) is 5.82 Å². The summed E-state index contributed by atoms with van der Waals surface area (Å²) in [5.41, 5.74) is 2.92. The highest BCUT2D eigenvalue weighted by Gasteiger charge is 2.22. The Labute approximate surface area is 163 Å². The SMILES string of the molecule is CCCCCCC[C@H]1CC[C@H](c2cnc(-c3ccc(C#N)cc3)nc2)CC1. The third-order valence-corrected chi connectivity index (χ3v) is 5.98. The molecule has 1 aromatic heterocycles. The van der Waals surface area contributed by atoms with Crippen LogP contribution in [0.3, 0.4) is 0 Å². The van der Waals surface area contributed by atoms with E-state index in [2.05, 4.69) is 23.0 Å². The van der Waals surface area contributed by atoms with Crippen molar-refractivity contribution in [3.05, 3.63) is 47.8 Å². The summed E-state index contributed by atoms with van der Waals surface area (Å²) < 4.78 is 0. The molecule has 0 unspecified atom stereocenters. The van der Waals surface area contributed by atoms with E-state index in [0.29, 0.717) is 11.5 Å². The van der Waals surface area contributed by atoms with Gasteiger partial charge in [-0.05, 0) is 67.3 Å². The first kappa shape index (κ1) is 19.5. The highest BCUT2D eigenvalue weighted by Crippen LogP contribution is 2.37. The first-order valence-corrected chi connectivity index (χ1v) is 10.6. The van der Waals surface area contributed by atoms with Crippen molar-refractivity contribution in [3.8, 4) is 17.5 Å². The Balaban J connectivity index is 1.48. The zero-order chi connectivity index (χ0) is 18.9. The lowest BCUT2D eigenvalue weighted by Gasteiger charge is -2.28. The molecular formula is C24H31N3. The van der Waals surface area contributed by atoms with E-state index < -0.39 is 0 Å². The van der Waals surface area contributed by atoms with Gasteiger partial charge in [0, 0.05) is 18.0 Å². The Morgan fingerprint density at radius 1 is 0.926 bits per heavy atom. The number of aromatic nitrogens is 2. The molecule has 0 saturated heterocycles. The Morgan fingerprint density at radius 2 is 1.59 bits per heavy atom. The smallest absolute Gasteiger partial charge is 0.159 e. The fourth-order valence-electron chi connectivity index (χ4n) is 4.21. The lowest BCUT2D eigenvalue weighted by molar-refractivity contribution is 0.301. The van der Waals surface area contributed by atoms with Crippen LogP contribution in [0.25, 0.3) is 11.4 Å². The van der Waals surface area contributed by atoms with E-state index in [9.17, 15) is 0 Å². The van der Waals surface area contributed by atoms with E-state index in [4.69, 9.17) is 5.26 Å². The largest absolute Gasteiger partial charge is 0.236 e. The highest BCUT2D eigenvalue weighted by molar-refractivity contribution is 5.56. The molecule has 3 nitrogen and oxygen atoms in total. The number of nitrogens with zero attached hydrogens (tertiary/aromatic N) is 3. The van der Waals surface area contributed by atoms with E-state index >= 15 is 0 Å². The van der Waals surface area contributed by atoms with Crippen LogP contribution in [0.2, 0.25) is 0 Å². The van der Waals surface area contributed by atoms with Crippen molar-refractivity contribution < 1.29 is 0 Å². The predicted octanol–water partition coefficient (Wildman–Crippen LogP) is 6.65. The zero-order valence-electron chi connectivity index (χ0n) is 16.5. The Bertz CT molecular complexity index is 720. The summed E-state index contributed by atoms with van der Waals surface area (Å²) in [4.78, 5) is 9.17. The predicted molar refractivity (Wildman–Crippen MR) is 110 cm³/mol. The van der Waals surface area contributed by atoms with Gasteiger partial charge in [-0.3, -0.25) is 0 Å². The van der Waals surface area contributed by atoms with Crippen molar-refractivity contribution in [2.45, 2.75) is 77.0 Å². The molecule has 1 saturated carbocycles. The molecule has 1 aliphatic rings. The van der Waals surface area contributed by atoms with Crippen LogP contribution in [-0.4, -0.2) is 9.97 Å². The van der Waals surface area contributed by atoms with Crippen LogP contribution >= 0.6 is 0 Å². The summed E-state index contributed by atoms with van der Waals surface area (Å²) >= 11 is 0. The van der Waals surface area contributed by atoms with Crippen LogP contribution in [0.5, 0.6) is 0 Å². The lowest BCUT2D eigenvalue weighted by atomic mass is 9.77. The maximum Gasteiger partial charge on any atom is 0.159 e. The molecule has 0 radical (unpaired) electrons. The molecule has 27 heavy (non-hydrogen) atoms. The van der Waals surface area contributed by atoms with Gasteiger partial charge in [0.25, 0.3) is 0 Å². The quantitative estimate of drug-likeness (QED) is 0.495. The average Bonchev–Trinajstić information content (AvgIpc) is 2.74. The third kappa shape index (κ3) is 5.63. The van der Waals surface area contributed by atoms with Gasteiger partial charge in [-0.15, -0.1) is 0 Å². The summed E-state index contributed by atoms with van der Waals surface area (Å²) in [6.45, 7) is 2.28. The maximum absolute atomic E-state index is 8.90. The summed E-state index contributed by atoms with van der Waals surface area (Å²) in [5, 5.41) is 8.90. The van der Waals surface area contributed by atoms with Gasteiger partial charge in [0.05, 0.1) is 11.6 Å². The summed E-state index contributed by atoms with van der Waals surface area (Å²) in [7, 11) is 0. The van der Waals surface area contributed by atoms with Gasteiger partial charge in [0.1, 0.15) is 0 Å². The minimum absolute atomic E-state index is 0.622. The molecule has 0 bridgehead atoms. The van der Waals surface area contributed by atoms with E-state index in [0.717, 1.165) is 17.3 Å². The molecule has 0 amide bonds. The van der Waals surface area contributed by atoms with Crippen molar-refractivity contribution in [2.24, 2.45) is 5.92 Å². The standard InChI is InChI=1S/C24H31N3/c1-2-3-4-5-6-7-19-8-12-21(13-9-19)23-17-26-24(27-18-23)22-14-10-20(16-25)11-15-22/h10-11,14-15,17-19,21H,2-9,12-13H2,1H3/t19-,21-.